The average Bonchev–Trinajstić information content (AvgIpc) is 2.70. The molecule has 1 aromatic carbocycles. The molecule has 0 atom stereocenters. The molecule has 156 valence electrons. The predicted octanol–water partition coefficient (Wildman–Crippen LogP) is 0.243. The van der Waals surface area contributed by atoms with Crippen molar-refractivity contribution in [1.29, 1.82) is 0 Å². The summed E-state index contributed by atoms with van der Waals surface area (Å²) in [4.78, 5) is 23.5. The second kappa shape index (κ2) is 9.97. The summed E-state index contributed by atoms with van der Waals surface area (Å²) in [5, 5.41) is 14.8. The normalized spacial score (nSPS) is 20.2. The van der Waals surface area contributed by atoms with Crippen LogP contribution >= 0.6 is 0 Å². The quantitative estimate of drug-likeness (QED) is 0.677. The highest BCUT2D eigenvalue weighted by Crippen LogP contribution is 2.23. The van der Waals surface area contributed by atoms with Gasteiger partial charge in [0.1, 0.15) is 0 Å². The maximum Gasteiger partial charge on any atom is 0.414 e. The second-order valence-corrected chi connectivity index (χ2v) is 8.84. The zero-order chi connectivity index (χ0) is 20.7. The van der Waals surface area contributed by atoms with Crippen molar-refractivity contribution in [3.8, 4) is 0 Å². The number of likely N-dealkylation sites (N-methyl/N-ethyl adjacent to an activating group) is 1. The monoisotopic (exact) mass is 413 g/mol. The Bertz CT molecular complexity index is 743. The van der Waals surface area contributed by atoms with Crippen molar-refractivity contribution < 1.29 is 28.2 Å². The molecule has 9 nitrogen and oxygen atoms in total. The van der Waals surface area contributed by atoms with Crippen molar-refractivity contribution in [2.24, 2.45) is 0 Å². The van der Waals surface area contributed by atoms with Crippen LogP contribution < -0.4 is 0 Å². The Hall–Kier alpha value is -2.01. The van der Waals surface area contributed by atoms with E-state index in [1.165, 1.54) is 0 Å². The molecule has 0 aliphatic carbocycles. The van der Waals surface area contributed by atoms with Gasteiger partial charge in [0.2, 0.25) is 10.0 Å². The van der Waals surface area contributed by atoms with Crippen molar-refractivity contribution in [2.45, 2.75) is 23.8 Å². The van der Waals surface area contributed by atoms with Gasteiger partial charge in [-0.05, 0) is 32.0 Å². The van der Waals surface area contributed by atoms with Gasteiger partial charge in [-0.15, -0.1) is 0 Å². The topological polar surface area (TPSA) is 118 Å². The lowest BCUT2D eigenvalue weighted by Crippen LogP contribution is -2.52. The molecule has 0 spiro atoms. The van der Waals surface area contributed by atoms with E-state index in [1.807, 2.05) is 6.07 Å². The van der Waals surface area contributed by atoms with Gasteiger partial charge in [-0.1, -0.05) is 18.2 Å². The first-order chi connectivity index (χ1) is 13.2. The van der Waals surface area contributed by atoms with Crippen LogP contribution in [0.2, 0.25) is 0 Å². The summed E-state index contributed by atoms with van der Waals surface area (Å²) in [5.41, 5.74) is 0. The average molecular weight is 413 g/mol. The Morgan fingerprint density at radius 1 is 0.893 bits per heavy atom. The third-order valence-electron chi connectivity index (χ3n) is 5.04. The highest BCUT2D eigenvalue weighted by molar-refractivity contribution is 7.89. The molecule has 28 heavy (non-hydrogen) atoms. The standard InChI is InChI=1S/C16H25N3O2S.C2H2O4/c1-17-11-13-18(14-12-17)15-7-9-19(10-8-15)22(20,21)16-5-3-2-4-6-16;3-1(4)2(5)6/h2-6,15H,7-14H2,1H3;(H,3,4)(H,5,6). The molecule has 0 bridgehead atoms. The van der Waals surface area contributed by atoms with Gasteiger partial charge in [0.25, 0.3) is 0 Å². The van der Waals surface area contributed by atoms with Gasteiger partial charge in [0.05, 0.1) is 4.90 Å². The molecule has 0 unspecified atom stereocenters. The van der Waals surface area contributed by atoms with Crippen LogP contribution in [0.4, 0.5) is 0 Å². The zero-order valence-electron chi connectivity index (χ0n) is 15.9. The fraction of sp³-hybridized carbons (Fsp3) is 0.556. The molecular weight excluding hydrogens is 386 g/mol. The number of hydrogen-bond acceptors (Lipinski definition) is 6. The Kier molecular flexibility index (Phi) is 7.93. The molecule has 0 saturated carbocycles. The molecule has 0 aromatic heterocycles. The SMILES string of the molecule is CN1CCN(C2CCN(S(=O)(=O)c3ccccc3)CC2)CC1.O=C(O)C(=O)O. The van der Waals surface area contributed by atoms with E-state index >= 15 is 0 Å². The molecule has 2 aliphatic heterocycles. The Morgan fingerprint density at radius 3 is 1.86 bits per heavy atom. The predicted molar refractivity (Wildman–Crippen MR) is 103 cm³/mol. The van der Waals surface area contributed by atoms with E-state index in [2.05, 4.69) is 16.8 Å². The van der Waals surface area contributed by atoms with Crippen molar-refractivity contribution in [3.05, 3.63) is 30.3 Å². The molecular formula is C18H27N3O6S. The van der Waals surface area contributed by atoms with Gasteiger partial charge in [-0.3, -0.25) is 4.90 Å². The van der Waals surface area contributed by atoms with Crippen LogP contribution in [0, 0.1) is 0 Å². The smallest absolute Gasteiger partial charge is 0.414 e. The van der Waals surface area contributed by atoms with Gasteiger partial charge in [0, 0.05) is 45.3 Å². The van der Waals surface area contributed by atoms with Gasteiger partial charge in [-0.25, -0.2) is 18.0 Å². The lowest BCUT2D eigenvalue weighted by Gasteiger charge is -2.41. The number of sulfonamides is 1. The Labute approximate surface area is 165 Å². The van der Waals surface area contributed by atoms with Crippen LogP contribution in [-0.2, 0) is 19.6 Å². The summed E-state index contributed by atoms with van der Waals surface area (Å²) in [6, 6.07) is 9.31. The van der Waals surface area contributed by atoms with E-state index in [4.69, 9.17) is 19.8 Å². The molecule has 0 amide bonds. The largest absolute Gasteiger partial charge is 0.473 e. The maximum absolute atomic E-state index is 12.6. The lowest BCUT2D eigenvalue weighted by atomic mass is 10.0. The molecule has 2 heterocycles. The molecule has 2 aliphatic rings. The number of carboxylic acids is 2. The van der Waals surface area contributed by atoms with Gasteiger partial charge in [-0.2, -0.15) is 4.31 Å². The number of hydrogen-bond donors (Lipinski definition) is 2. The van der Waals surface area contributed by atoms with Crippen molar-refractivity contribution in [1.82, 2.24) is 14.1 Å². The second-order valence-electron chi connectivity index (χ2n) is 6.90. The Morgan fingerprint density at radius 2 is 1.39 bits per heavy atom. The number of nitrogens with zero attached hydrogens (tertiary/aromatic N) is 3. The first-order valence-corrected chi connectivity index (χ1v) is 10.6. The number of carbonyl (C=O) groups is 2. The van der Waals surface area contributed by atoms with E-state index in [0.717, 1.165) is 39.0 Å². The number of carboxylic acid groups (broad SMARTS) is 2. The van der Waals surface area contributed by atoms with E-state index in [-0.39, 0.29) is 0 Å². The molecule has 2 fully saturated rings. The van der Waals surface area contributed by atoms with E-state index in [1.54, 1.807) is 28.6 Å². The molecule has 1 aromatic rings. The van der Waals surface area contributed by atoms with Gasteiger partial charge in [0.15, 0.2) is 0 Å². The number of piperazine rings is 1. The zero-order valence-corrected chi connectivity index (χ0v) is 16.7. The lowest BCUT2D eigenvalue weighted by molar-refractivity contribution is -0.159. The van der Waals surface area contributed by atoms with Crippen molar-refractivity contribution in [3.63, 3.8) is 0 Å². The molecule has 0 radical (unpaired) electrons. The Balaban J connectivity index is 0.000000409. The van der Waals surface area contributed by atoms with Crippen LogP contribution in [0.15, 0.2) is 35.2 Å². The summed E-state index contributed by atoms with van der Waals surface area (Å²) >= 11 is 0. The number of aliphatic carboxylic acids is 2. The third kappa shape index (κ3) is 5.99. The molecule has 3 rings (SSSR count). The van der Waals surface area contributed by atoms with Gasteiger partial charge >= 0.3 is 11.9 Å². The van der Waals surface area contributed by atoms with Gasteiger partial charge < -0.3 is 15.1 Å². The maximum atomic E-state index is 12.6. The van der Waals surface area contributed by atoms with Crippen LogP contribution in [0.25, 0.3) is 0 Å². The number of benzene rings is 1. The third-order valence-corrected chi connectivity index (χ3v) is 6.95. The fourth-order valence-electron chi connectivity index (χ4n) is 3.38. The first kappa shape index (κ1) is 22.3. The van der Waals surface area contributed by atoms with E-state index in [9.17, 15) is 8.42 Å². The molecule has 2 saturated heterocycles. The van der Waals surface area contributed by atoms with Crippen LogP contribution in [0.1, 0.15) is 12.8 Å². The van der Waals surface area contributed by atoms with Crippen molar-refractivity contribution in [2.75, 3.05) is 46.3 Å². The number of rotatable bonds is 3. The van der Waals surface area contributed by atoms with Crippen LogP contribution in [0.5, 0.6) is 0 Å². The summed E-state index contributed by atoms with van der Waals surface area (Å²) in [7, 11) is -1.16. The minimum Gasteiger partial charge on any atom is -0.473 e. The van der Waals surface area contributed by atoms with Crippen LogP contribution in [0.3, 0.4) is 0 Å². The summed E-state index contributed by atoms with van der Waals surface area (Å²) < 4.78 is 26.9. The highest BCUT2D eigenvalue weighted by Gasteiger charge is 2.32. The minimum atomic E-state index is -3.32. The molecule has 10 heteroatoms. The first-order valence-electron chi connectivity index (χ1n) is 9.16. The van der Waals surface area contributed by atoms with Crippen LogP contribution in [-0.4, -0.2) is 97.0 Å². The highest BCUT2D eigenvalue weighted by atomic mass is 32.2. The minimum absolute atomic E-state index is 0.410. The summed E-state index contributed by atoms with van der Waals surface area (Å²) in [6.07, 6.45) is 1.88. The van der Waals surface area contributed by atoms with E-state index in [0.29, 0.717) is 24.0 Å². The fourth-order valence-corrected chi connectivity index (χ4v) is 4.87. The number of piperidine rings is 1. The molecule has 2 N–H and O–H groups in total. The summed E-state index contributed by atoms with van der Waals surface area (Å²) in [5.74, 6) is -3.65. The van der Waals surface area contributed by atoms with E-state index < -0.39 is 22.0 Å². The van der Waals surface area contributed by atoms with Crippen molar-refractivity contribution >= 4 is 22.0 Å². The summed E-state index contributed by atoms with van der Waals surface area (Å²) in [6.45, 7) is 5.70.